The maximum atomic E-state index is 5.54. The average molecular weight is 301 g/mol. The van der Waals surface area contributed by atoms with Crippen LogP contribution in [0.5, 0.6) is 17.2 Å². The Kier molecular flexibility index (Phi) is 6.10. The van der Waals surface area contributed by atoms with Crippen LogP contribution in [0.3, 0.4) is 0 Å². The van der Waals surface area contributed by atoms with Crippen molar-refractivity contribution in [2.45, 2.75) is 20.0 Å². The van der Waals surface area contributed by atoms with Gasteiger partial charge in [-0.3, -0.25) is 0 Å². The molecular formula is C18H23NO3. The van der Waals surface area contributed by atoms with Crippen LogP contribution < -0.4 is 19.5 Å². The SMILES string of the molecule is CCOc1cc(OC)c(CNCc2ccccc2)c(OC)c1. The topological polar surface area (TPSA) is 39.7 Å². The summed E-state index contributed by atoms with van der Waals surface area (Å²) in [4.78, 5) is 0. The van der Waals surface area contributed by atoms with E-state index in [9.17, 15) is 0 Å². The second kappa shape index (κ2) is 8.29. The minimum absolute atomic E-state index is 0.609. The van der Waals surface area contributed by atoms with E-state index >= 15 is 0 Å². The van der Waals surface area contributed by atoms with Gasteiger partial charge in [0.1, 0.15) is 17.2 Å². The average Bonchev–Trinajstić information content (AvgIpc) is 2.56. The van der Waals surface area contributed by atoms with E-state index in [-0.39, 0.29) is 0 Å². The molecule has 0 bridgehead atoms. The molecule has 2 aromatic rings. The molecule has 0 saturated carbocycles. The van der Waals surface area contributed by atoms with Crippen molar-refractivity contribution in [3.8, 4) is 17.2 Å². The molecule has 0 spiro atoms. The van der Waals surface area contributed by atoms with Gasteiger partial charge < -0.3 is 19.5 Å². The largest absolute Gasteiger partial charge is 0.496 e. The number of ether oxygens (including phenoxy) is 3. The molecule has 0 aliphatic carbocycles. The minimum Gasteiger partial charge on any atom is -0.496 e. The highest BCUT2D eigenvalue weighted by atomic mass is 16.5. The lowest BCUT2D eigenvalue weighted by atomic mass is 10.1. The lowest BCUT2D eigenvalue weighted by Gasteiger charge is -2.16. The second-order valence-electron chi connectivity index (χ2n) is 4.83. The second-order valence-corrected chi connectivity index (χ2v) is 4.83. The third-order valence-corrected chi connectivity index (χ3v) is 3.37. The summed E-state index contributed by atoms with van der Waals surface area (Å²) in [5.74, 6) is 2.29. The number of nitrogens with one attached hydrogen (secondary N) is 1. The molecule has 4 nitrogen and oxygen atoms in total. The fourth-order valence-corrected chi connectivity index (χ4v) is 2.31. The first-order chi connectivity index (χ1) is 10.8. The first-order valence-corrected chi connectivity index (χ1v) is 7.40. The van der Waals surface area contributed by atoms with Gasteiger partial charge in [-0.15, -0.1) is 0 Å². The molecule has 0 amide bonds. The third-order valence-electron chi connectivity index (χ3n) is 3.37. The zero-order valence-corrected chi connectivity index (χ0v) is 13.4. The molecular weight excluding hydrogens is 278 g/mol. The van der Waals surface area contributed by atoms with Crippen molar-refractivity contribution in [3.05, 3.63) is 53.6 Å². The van der Waals surface area contributed by atoms with Gasteiger partial charge in [0.2, 0.25) is 0 Å². The lowest BCUT2D eigenvalue weighted by Crippen LogP contribution is -2.14. The van der Waals surface area contributed by atoms with Crippen LogP contribution in [0.2, 0.25) is 0 Å². The Balaban J connectivity index is 2.11. The van der Waals surface area contributed by atoms with Crippen molar-refractivity contribution in [1.82, 2.24) is 5.32 Å². The van der Waals surface area contributed by atoms with Gasteiger partial charge in [-0.1, -0.05) is 30.3 Å². The van der Waals surface area contributed by atoms with Gasteiger partial charge in [0.15, 0.2) is 0 Å². The summed E-state index contributed by atoms with van der Waals surface area (Å²) < 4.78 is 16.5. The summed E-state index contributed by atoms with van der Waals surface area (Å²) >= 11 is 0. The van der Waals surface area contributed by atoms with Crippen molar-refractivity contribution in [1.29, 1.82) is 0 Å². The first-order valence-electron chi connectivity index (χ1n) is 7.40. The molecule has 1 N–H and O–H groups in total. The van der Waals surface area contributed by atoms with Gasteiger partial charge in [-0.25, -0.2) is 0 Å². The molecule has 118 valence electrons. The molecule has 22 heavy (non-hydrogen) atoms. The zero-order chi connectivity index (χ0) is 15.8. The van der Waals surface area contributed by atoms with Gasteiger partial charge in [0, 0.05) is 25.2 Å². The molecule has 0 atom stereocenters. The number of methoxy groups -OCH3 is 2. The molecule has 0 heterocycles. The van der Waals surface area contributed by atoms with Crippen LogP contribution in [-0.4, -0.2) is 20.8 Å². The van der Waals surface area contributed by atoms with E-state index in [0.717, 1.165) is 29.4 Å². The molecule has 0 aliphatic rings. The van der Waals surface area contributed by atoms with Crippen LogP contribution in [0.4, 0.5) is 0 Å². The Labute approximate surface area is 132 Å². The molecule has 2 rings (SSSR count). The first kappa shape index (κ1) is 16.2. The summed E-state index contributed by atoms with van der Waals surface area (Å²) in [5.41, 5.74) is 2.23. The van der Waals surface area contributed by atoms with Crippen LogP contribution in [0, 0.1) is 0 Å². The van der Waals surface area contributed by atoms with Gasteiger partial charge in [-0.2, -0.15) is 0 Å². The molecule has 0 unspecified atom stereocenters. The molecule has 0 aromatic heterocycles. The number of hydrogen-bond donors (Lipinski definition) is 1. The van der Waals surface area contributed by atoms with E-state index in [1.165, 1.54) is 5.56 Å². The van der Waals surface area contributed by atoms with Gasteiger partial charge in [0.25, 0.3) is 0 Å². The van der Waals surface area contributed by atoms with Gasteiger partial charge >= 0.3 is 0 Å². The Hall–Kier alpha value is -2.20. The highest BCUT2D eigenvalue weighted by Crippen LogP contribution is 2.34. The molecule has 0 fully saturated rings. The van der Waals surface area contributed by atoms with E-state index in [0.29, 0.717) is 13.2 Å². The highest BCUT2D eigenvalue weighted by Gasteiger charge is 2.13. The van der Waals surface area contributed by atoms with E-state index < -0.39 is 0 Å². The summed E-state index contributed by atoms with van der Waals surface area (Å²) in [7, 11) is 3.32. The summed E-state index contributed by atoms with van der Waals surface area (Å²) in [5, 5.41) is 3.42. The Morgan fingerprint density at radius 1 is 0.909 bits per heavy atom. The lowest BCUT2D eigenvalue weighted by molar-refractivity contribution is 0.328. The van der Waals surface area contributed by atoms with Crippen LogP contribution in [0.15, 0.2) is 42.5 Å². The highest BCUT2D eigenvalue weighted by molar-refractivity contribution is 5.50. The quantitative estimate of drug-likeness (QED) is 0.811. The monoisotopic (exact) mass is 301 g/mol. The third kappa shape index (κ3) is 4.15. The van der Waals surface area contributed by atoms with E-state index in [1.807, 2.05) is 37.3 Å². The zero-order valence-electron chi connectivity index (χ0n) is 13.4. The maximum absolute atomic E-state index is 5.54. The minimum atomic E-state index is 0.609. The van der Waals surface area contributed by atoms with Crippen LogP contribution >= 0.6 is 0 Å². The molecule has 4 heteroatoms. The van der Waals surface area contributed by atoms with E-state index in [4.69, 9.17) is 14.2 Å². The standard InChI is InChI=1S/C18H23NO3/c1-4-22-15-10-17(20-2)16(18(11-15)21-3)13-19-12-14-8-6-5-7-9-14/h5-11,19H,4,12-13H2,1-3H3. The fraction of sp³-hybridized carbons (Fsp3) is 0.333. The molecule has 0 aliphatic heterocycles. The number of hydrogen-bond acceptors (Lipinski definition) is 4. The Morgan fingerprint density at radius 2 is 1.55 bits per heavy atom. The van der Waals surface area contributed by atoms with Crippen molar-refractivity contribution in [3.63, 3.8) is 0 Å². The molecule has 2 aromatic carbocycles. The Morgan fingerprint density at radius 3 is 2.09 bits per heavy atom. The van der Waals surface area contributed by atoms with Crippen LogP contribution in [0.1, 0.15) is 18.1 Å². The molecule has 0 radical (unpaired) electrons. The number of rotatable bonds is 8. The molecule has 0 saturated heterocycles. The van der Waals surface area contributed by atoms with Gasteiger partial charge in [0.05, 0.1) is 26.4 Å². The fourth-order valence-electron chi connectivity index (χ4n) is 2.31. The van der Waals surface area contributed by atoms with Gasteiger partial charge in [-0.05, 0) is 12.5 Å². The van der Waals surface area contributed by atoms with Crippen LogP contribution in [-0.2, 0) is 13.1 Å². The summed E-state index contributed by atoms with van der Waals surface area (Å²) in [6.07, 6.45) is 0. The van der Waals surface area contributed by atoms with Crippen LogP contribution in [0.25, 0.3) is 0 Å². The summed E-state index contributed by atoms with van der Waals surface area (Å²) in [6, 6.07) is 14.1. The van der Waals surface area contributed by atoms with E-state index in [2.05, 4.69) is 17.4 Å². The van der Waals surface area contributed by atoms with Crippen molar-refractivity contribution < 1.29 is 14.2 Å². The Bertz CT molecular complexity index is 559. The predicted octanol–water partition coefficient (Wildman–Crippen LogP) is 3.39. The smallest absolute Gasteiger partial charge is 0.130 e. The van der Waals surface area contributed by atoms with Crippen molar-refractivity contribution in [2.75, 3.05) is 20.8 Å². The van der Waals surface area contributed by atoms with Crippen molar-refractivity contribution in [2.24, 2.45) is 0 Å². The van der Waals surface area contributed by atoms with E-state index in [1.54, 1.807) is 14.2 Å². The normalized spacial score (nSPS) is 10.3. The van der Waals surface area contributed by atoms with Crippen molar-refractivity contribution >= 4 is 0 Å². The predicted molar refractivity (Wildman–Crippen MR) is 87.7 cm³/mol. The summed E-state index contributed by atoms with van der Waals surface area (Å²) in [6.45, 7) is 4.01. The number of benzene rings is 2. The maximum Gasteiger partial charge on any atom is 0.130 e.